The predicted molar refractivity (Wildman–Crippen MR) is 120 cm³/mol. The molecule has 2 N–H and O–H groups in total. The highest BCUT2D eigenvalue weighted by Gasteiger charge is 2.14. The van der Waals surface area contributed by atoms with Gasteiger partial charge in [0.25, 0.3) is 0 Å². The Kier molecular flexibility index (Phi) is 6.29. The zero-order valence-corrected chi connectivity index (χ0v) is 17.6. The van der Waals surface area contributed by atoms with Gasteiger partial charge in [0, 0.05) is 29.8 Å². The van der Waals surface area contributed by atoms with Crippen LogP contribution in [0.4, 0.5) is 21.6 Å². The summed E-state index contributed by atoms with van der Waals surface area (Å²) in [6.45, 7) is 2.89. The van der Waals surface area contributed by atoms with Crippen molar-refractivity contribution in [3.8, 4) is 5.75 Å². The highest BCUT2D eigenvalue weighted by Crippen LogP contribution is 2.33. The van der Waals surface area contributed by atoms with Gasteiger partial charge < -0.3 is 15.4 Å². The molecule has 1 saturated heterocycles. The van der Waals surface area contributed by atoms with E-state index in [0.717, 1.165) is 19.6 Å². The first kappa shape index (κ1) is 21.0. The number of aromatic nitrogens is 2. The number of benzene rings is 2. The molecular weight excluding hydrogens is 421 g/mol. The average molecular weight is 442 g/mol. The smallest absolute Gasteiger partial charge is 0.248 e. The van der Waals surface area contributed by atoms with E-state index in [9.17, 15) is 9.18 Å². The van der Waals surface area contributed by atoms with Crippen LogP contribution in [0.15, 0.2) is 48.8 Å². The second-order valence-corrected chi connectivity index (χ2v) is 7.50. The Bertz CT molecular complexity index is 1150. The molecule has 0 unspecified atom stereocenters. The number of hydrogen-bond acceptors (Lipinski definition) is 6. The summed E-state index contributed by atoms with van der Waals surface area (Å²) in [5, 5.41) is 6.62. The molecule has 1 aromatic heterocycles. The van der Waals surface area contributed by atoms with Crippen molar-refractivity contribution in [1.29, 1.82) is 0 Å². The third-order valence-corrected chi connectivity index (χ3v) is 5.27. The van der Waals surface area contributed by atoms with E-state index in [2.05, 4.69) is 25.5 Å². The fourth-order valence-corrected chi connectivity index (χ4v) is 3.39. The SMILES string of the molecule is COc1cc2ncnc(Nc3ccc(F)c(Cl)c3)c2cc1NC(=O)C=CCN1CCC1. The van der Waals surface area contributed by atoms with E-state index in [0.29, 0.717) is 33.8 Å². The van der Waals surface area contributed by atoms with Crippen molar-refractivity contribution >= 4 is 45.6 Å². The minimum absolute atomic E-state index is 0.00278. The molecule has 4 rings (SSSR count). The summed E-state index contributed by atoms with van der Waals surface area (Å²) in [4.78, 5) is 23.2. The Morgan fingerprint density at radius 3 is 2.84 bits per heavy atom. The van der Waals surface area contributed by atoms with Crippen molar-refractivity contribution in [1.82, 2.24) is 14.9 Å². The third-order valence-electron chi connectivity index (χ3n) is 4.98. The number of anilines is 3. The maximum absolute atomic E-state index is 13.5. The summed E-state index contributed by atoms with van der Waals surface area (Å²) < 4.78 is 18.9. The van der Waals surface area contributed by atoms with Gasteiger partial charge in [-0.25, -0.2) is 14.4 Å². The van der Waals surface area contributed by atoms with Crippen LogP contribution in [0.1, 0.15) is 6.42 Å². The van der Waals surface area contributed by atoms with Crippen molar-refractivity contribution in [3.63, 3.8) is 0 Å². The molecule has 0 atom stereocenters. The Morgan fingerprint density at radius 2 is 2.13 bits per heavy atom. The van der Waals surface area contributed by atoms with Crippen molar-refractivity contribution in [2.24, 2.45) is 0 Å². The standard InChI is InChI=1S/C22H21ClFN5O2/c1-31-20-12-18-15(11-19(20)28-21(30)4-2-7-29-8-3-9-29)22(26-13-25-18)27-14-5-6-17(24)16(23)10-14/h2,4-6,10-13H,3,7-9H2,1H3,(H,28,30)(H,25,26,27). The molecule has 2 heterocycles. The van der Waals surface area contributed by atoms with Crippen LogP contribution in [-0.2, 0) is 4.79 Å². The number of nitrogens with zero attached hydrogens (tertiary/aromatic N) is 3. The fraction of sp³-hybridized carbons (Fsp3) is 0.227. The van der Waals surface area contributed by atoms with E-state index in [4.69, 9.17) is 16.3 Å². The van der Waals surface area contributed by atoms with Gasteiger partial charge in [-0.3, -0.25) is 9.69 Å². The summed E-state index contributed by atoms with van der Waals surface area (Å²) in [6, 6.07) is 7.77. The number of carbonyl (C=O) groups excluding carboxylic acids is 1. The first-order valence-corrected chi connectivity index (χ1v) is 10.2. The number of likely N-dealkylation sites (tertiary alicyclic amines) is 1. The molecule has 0 bridgehead atoms. The molecule has 7 nitrogen and oxygen atoms in total. The molecule has 0 saturated carbocycles. The molecule has 9 heteroatoms. The molecule has 1 fully saturated rings. The molecule has 160 valence electrons. The zero-order valence-electron chi connectivity index (χ0n) is 16.9. The van der Waals surface area contributed by atoms with Gasteiger partial charge in [0.05, 0.1) is 23.3 Å². The number of methoxy groups -OCH3 is 1. The van der Waals surface area contributed by atoms with E-state index >= 15 is 0 Å². The molecule has 1 amide bonds. The normalized spacial score (nSPS) is 13.9. The van der Waals surface area contributed by atoms with Crippen molar-refractivity contribution in [2.75, 3.05) is 37.4 Å². The van der Waals surface area contributed by atoms with Crippen LogP contribution in [0.5, 0.6) is 5.75 Å². The Labute approximate surface area is 183 Å². The summed E-state index contributed by atoms with van der Waals surface area (Å²) in [5.74, 6) is 0.206. The lowest BCUT2D eigenvalue weighted by molar-refractivity contribution is -0.111. The number of hydrogen-bond donors (Lipinski definition) is 2. The van der Waals surface area contributed by atoms with Crippen LogP contribution >= 0.6 is 11.6 Å². The van der Waals surface area contributed by atoms with Gasteiger partial charge in [-0.05, 0) is 43.8 Å². The third kappa shape index (κ3) is 4.92. The maximum atomic E-state index is 13.5. The summed E-state index contributed by atoms with van der Waals surface area (Å²) in [7, 11) is 1.53. The Hall–Kier alpha value is -3.23. The second-order valence-electron chi connectivity index (χ2n) is 7.09. The molecule has 1 aliphatic heterocycles. The Morgan fingerprint density at radius 1 is 1.29 bits per heavy atom. The molecule has 0 aliphatic carbocycles. The Balaban J connectivity index is 1.60. The molecule has 0 spiro atoms. The monoisotopic (exact) mass is 441 g/mol. The number of amides is 1. The summed E-state index contributed by atoms with van der Waals surface area (Å²) >= 11 is 5.87. The minimum Gasteiger partial charge on any atom is -0.494 e. The number of fused-ring (bicyclic) bond motifs is 1. The van der Waals surface area contributed by atoms with E-state index in [1.807, 2.05) is 6.08 Å². The van der Waals surface area contributed by atoms with Gasteiger partial charge in [-0.15, -0.1) is 0 Å². The molecule has 1 aliphatic rings. The van der Waals surface area contributed by atoms with Crippen LogP contribution in [0.2, 0.25) is 5.02 Å². The van der Waals surface area contributed by atoms with E-state index in [1.54, 1.807) is 18.2 Å². The lowest BCUT2D eigenvalue weighted by atomic mass is 10.1. The highest BCUT2D eigenvalue weighted by atomic mass is 35.5. The van der Waals surface area contributed by atoms with Gasteiger partial charge in [0.15, 0.2) is 0 Å². The van der Waals surface area contributed by atoms with Crippen LogP contribution in [0.25, 0.3) is 10.9 Å². The second kappa shape index (κ2) is 9.28. The number of nitrogens with one attached hydrogen (secondary N) is 2. The fourth-order valence-electron chi connectivity index (χ4n) is 3.21. The molecule has 0 radical (unpaired) electrons. The predicted octanol–water partition coefficient (Wildman–Crippen LogP) is 4.37. The molecule has 3 aromatic rings. The van der Waals surface area contributed by atoms with Crippen LogP contribution < -0.4 is 15.4 Å². The number of carbonyl (C=O) groups is 1. The molecule has 31 heavy (non-hydrogen) atoms. The maximum Gasteiger partial charge on any atom is 0.248 e. The van der Waals surface area contributed by atoms with E-state index in [1.165, 1.54) is 38.1 Å². The first-order chi connectivity index (χ1) is 15.0. The van der Waals surface area contributed by atoms with Crippen molar-refractivity contribution in [2.45, 2.75) is 6.42 Å². The largest absolute Gasteiger partial charge is 0.494 e. The van der Waals surface area contributed by atoms with Crippen molar-refractivity contribution in [3.05, 3.63) is 59.7 Å². The van der Waals surface area contributed by atoms with Crippen LogP contribution in [0, 0.1) is 5.82 Å². The van der Waals surface area contributed by atoms with Crippen LogP contribution in [-0.4, -0.2) is 47.5 Å². The lowest BCUT2D eigenvalue weighted by Crippen LogP contribution is -2.37. The number of halogens is 2. The van der Waals surface area contributed by atoms with Gasteiger partial charge >= 0.3 is 0 Å². The number of ether oxygens (including phenoxy) is 1. The lowest BCUT2D eigenvalue weighted by Gasteiger charge is -2.29. The quantitative estimate of drug-likeness (QED) is 0.530. The number of rotatable bonds is 7. The molecular formula is C22H21ClFN5O2. The van der Waals surface area contributed by atoms with Gasteiger partial charge in [0.1, 0.15) is 23.7 Å². The topological polar surface area (TPSA) is 79.4 Å². The van der Waals surface area contributed by atoms with E-state index < -0.39 is 5.82 Å². The van der Waals surface area contributed by atoms with Crippen LogP contribution in [0.3, 0.4) is 0 Å². The van der Waals surface area contributed by atoms with Gasteiger partial charge in [-0.2, -0.15) is 0 Å². The highest BCUT2D eigenvalue weighted by molar-refractivity contribution is 6.31. The molecule has 2 aromatic carbocycles. The van der Waals surface area contributed by atoms with E-state index in [-0.39, 0.29) is 10.9 Å². The summed E-state index contributed by atoms with van der Waals surface area (Å²) in [6.07, 6.45) is 5.97. The zero-order chi connectivity index (χ0) is 21.8. The average Bonchev–Trinajstić information content (AvgIpc) is 2.72. The minimum atomic E-state index is -0.503. The van der Waals surface area contributed by atoms with Crippen molar-refractivity contribution < 1.29 is 13.9 Å². The first-order valence-electron chi connectivity index (χ1n) is 9.78. The van der Waals surface area contributed by atoms with Gasteiger partial charge in [-0.1, -0.05) is 17.7 Å². The van der Waals surface area contributed by atoms with Gasteiger partial charge in [0.2, 0.25) is 5.91 Å². The summed E-state index contributed by atoms with van der Waals surface area (Å²) in [5.41, 5.74) is 1.68.